The maximum atomic E-state index is 13.4. The number of hydrogen-bond acceptors (Lipinski definition) is 4. The molecular formula is C17H20BF3N2O3. The van der Waals surface area contributed by atoms with Crippen molar-refractivity contribution in [1.82, 2.24) is 9.55 Å². The van der Waals surface area contributed by atoms with Crippen molar-refractivity contribution in [2.24, 2.45) is 0 Å². The molecule has 0 saturated carbocycles. The largest absolute Gasteiger partial charge is 0.516 e. The molecule has 0 radical (unpaired) electrons. The Morgan fingerprint density at radius 2 is 1.65 bits per heavy atom. The summed E-state index contributed by atoms with van der Waals surface area (Å²) in [6, 6.07) is 5.26. The maximum Gasteiger partial charge on any atom is 0.516 e. The lowest BCUT2D eigenvalue weighted by molar-refractivity contribution is -0.137. The van der Waals surface area contributed by atoms with Gasteiger partial charge in [0, 0.05) is 6.20 Å². The lowest BCUT2D eigenvalue weighted by Gasteiger charge is -2.32. The zero-order chi connectivity index (χ0) is 19.3. The number of aromatic nitrogens is 2. The van der Waals surface area contributed by atoms with Gasteiger partial charge >= 0.3 is 13.3 Å². The second kappa shape index (κ2) is 6.02. The van der Waals surface area contributed by atoms with E-state index in [-0.39, 0.29) is 11.7 Å². The first-order chi connectivity index (χ1) is 12.0. The van der Waals surface area contributed by atoms with Crippen LogP contribution < -0.4 is 10.3 Å². The molecule has 0 amide bonds. The molecule has 1 fully saturated rings. The van der Waals surface area contributed by atoms with Gasteiger partial charge in [-0.15, -0.1) is 0 Å². The van der Waals surface area contributed by atoms with Crippen LogP contribution in [0, 0.1) is 0 Å². The monoisotopic (exact) mass is 368 g/mol. The molecule has 0 unspecified atom stereocenters. The molecule has 2 aromatic rings. The molecule has 1 aliphatic rings. The minimum Gasteiger partial charge on any atom is -0.468 e. The lowest BCUT2D eigenvalue weighted by Crippen LogP contribution is -2.41. The quantitative estimate of drug-likeness (QED) is 0.781. The molecular weight excluding hydrogens is 348 g/mol. The van der Waals surface area contributed by atoms with Gasteiger partial charge in [0.15, 0.2) is 0 Å². The third kappa shape index (κ3) is 3.10. The van der Waals surface area contributed by atoms with Crippen molar-refractivity contribution in [1.29, 1.82) is 0 Å². The van der Waals surface area contributed by atoms with E-state index in [9.17, 15) is 13.2 Å². The van der Waals surface area contributed by atoms with Crippen LogP contribution in [0.4, 0.5) is 13.2 Å². The standard InChI is InChI=1S/C17H20BF3N2O3/c1-15(2)16(3,4)26-18(25-15)13-10-23(14(22-13)24-5)12-9-7-6-8-11(12)17(19,20)21/h6-10H,1-5H3. The topological polar surface area (TPSA) is 45.5 Å². The summed E-state index contributed by atoms with van der Waals surface area (Å²) in [6.07, 6.45) is -3.05. The highest BCUT2D eigenvalue weighted by molar-refractivity contribution is 6.61. The minimum atomic E-state index is -4.50. The Morgan fingerprint density at radius 1 is 1.08 bits per heavy atom. The van der Waals surface area contributed by atoms with Crippen LogP contribution in [0.2, 0.25) is 0 Å². The van der Waals surface area contributed by atoms with Crippen LogP contribution in [0.15, 0.2) is 30.5 Å². The van der Waals surface area contributed by atoms with E-state index < -0.39 is 30.1 Å². The first kappa shape index (κ1) is 18.8. The first-order valence-corrected chi connectivity index (χ1v) is 8.12. The highest BCUT2D eigenvalue weighted by atomic mass is 19.4. The fraction of sp³-hybridized carbons (Fsp3) is 0.471. The Bertz CT molecular complexity index is 802. The number of benzene rings is 1. The third-order valence-electron chi connectivity index (χ3n) is 4.84. The third-order valence-corrected chi connectivity index (χ3v) is 4.84. The Balaban J connectivity index is 2.05. The molecule has 3 rings (SSSR count). The van der Waals surface area contributed by atoms with Crippen LogP contribution in [-0.4, -0.2) is 35.0 Å². The number of ether oxygens (including phenoxy) is 1. The van der Waals surface area contributed by atoms with E-state index in [1.54, 1.807) is 0 Å². The van der Waals surface area contributed by atoms with E-state index in [4.69, 9.17) is 14.0 Å². The van der Waals surface area contributed by atoms with Gasteiger partial charge in [-0.25, -0.2) is 4.98 Å². The molecule has 1 aromatic heterocycles. The fourth-order valence-corrected chi connectivity index (χ4v) is 2.70. The van der Waals surface area contributed by atoms with E-state index in [2.05, 4.69) is 4.98 Å². The first-order valence-electron chi connectivity index (χ1n) is 8.12. The average molecular weight is 368 g/mol. The van der Waals surface area contributed by atoms with E-state index in [1.807, 2.05) is 27.7 Å². The summed E-state index contributed by atoms with van der Waals surface area (Å²) in [4.78, 5) is 4.26. The van der Waals surface area contributed by atoms with Crippen molar-refractivity contribution < 1.29 is 27.2 Å². The van der Waals surface area contributed by atoms with E-state index in [1.165, 1.54) is 36.1 Å². The number of nitrogens with zero attached hydrogens (tertiary/aromatic N) is 2. The summed E-state index contributed by atoms with van der Waals surface area (Å²) in [5.74, 6) is 0. The molecule has 1 aliphatic heterocycles. The molecule has 0 aliphatic carbocycles. The molecule has 9 heteroatoms. The maximum absolute atomic E-state index is 13.4. The molecule has 140 valence electrons. The molecule has 1 saturated heterocycles. The van der Waals surface area contributed by atoms with Gasteiger partial charge in [-0.1, -0.05) is 12.1 Å². The number of imidazole rings is 1. The smallest absolute Gasteiger partial charge is 0.468 e. The van der Waals surface area contributed by atoms with Crippen LogP contribution in [0.5, 0.6) is 6.01 Å². The van der Waals surface area contributed by atoms with Gasteiger partial charge in [-0.05, 0) is 39.8 Å². The van der Waals surface area contributed by atoms with Gasteiger partial charge in [-0.2, -0.15) is 13.2 Å². The second-order valence-corrected chi connectivity index (χ2v) is 7.13. The van der Waals surface area contributed by atoms with Crippen molar-refractivity contribution in [2.45, 2.75) is 45.1 Å². The second-order valence-electron chi connectivity index (χ2n) is 7.13. The Kier molecular flexibility index (Phi) is 4.35. The predicted molar refractivity (Wildman–Crippen MR) is 90.8 cm³/mol. The summed E-state index contributed by atoms with van der Waals surface area (Å²) >= 11 is 0. The van der Waals surface area contributed by atoms with Crippen LogP contribution in [-0.2, 0) is 15.5 Å². The molecule has 26 heavy (non-hydrogen) atoms. The van der Waals surface area contributed by atoms with Crippen molar-refractivity contribution in [3.8, 4) is 11.7 Å². The van der Waals surface area contributed by atoms with Crippen LogP contribution in [0.25, 0.3) is 5.69 Å². The number of rotatable bonds is 3. The molecule has 0 N–H and O–H groups in total. The molecule has 0 bridgehead atoms. The van der Waals surface area contributed by atoms with Gasteiger partial charge < -0.3 is 14.0 Å². The average Bonchev–Trinajstić information content (AvgIpc) is 3.05. The number of methoxy groups -OCH3 is 1. The van der Waals surface area contributed by atoms with Crippen molar-refractivity contribution >= 4 is 12.7 Å². The predicted octanol–water partition coefficient (Wildman–Crippen LogP) is 3.20. The molecule has 1 aromatic carbocycles. The van der Waals surface area contributed by atoms with Gasteiger partial charge in [0.1, 0.15) is 0 Å². The van der Waals surface area contributed by atoms with Crippen molar-refractivity contribution in [3.63, 3.8) is 0 Å². The van der Waals surface area contributed by atoms with Gasteiger partial charge in [0.25, 0.3) is 6.01 Å². The molecule has 0 atom stereocenters. The highest BCUT2D eigenvalue weighted by Crippen LogP contribution is 2.37. The summed E-state index contributed by atoms with van der Waals surface area (Å²) in [7, 11) is 0.552. The van der Waals surface area contributed by atoms with E-state index >= 15 is 0 Å². The van der Waals surface area contributed by atoms with Crippen LogP contribution in [0.3, 0.4) is 0 Å². The summed E-state index contributed by atoms with van der Waals surface area (Å²) in [6.45, 7) is 7.56. The van der Waals surface area contributed by atoms with Crippen molar-refractivity contribution in [2.75, 3.05) is 7.11 Å². The van der Waals surface area contributed by atoms with Gasteiger partial charge in [-0.3, -0.25) is 4.57 Å². The molecule has 2 heterocycles. The lowest BCUT2D eigenvalue weighted by atomic mass is 9.86. The summed E-state index contributed by atoms with van der Waals surface area (Å²) in [5.41, 5.74) is -1.68. The molecule has 0 spiro atoms. The Labute approximate surface area is 150 Å². The Hall–Kier alpha value is -2.00. The zero-order valence-electron chi connectivity index (χ0n) is 15.2. The number of hydrogen-bond donors (Lipinski definition) is 0. The van der Waals surface area contributed by atoms with Crippen LogP contribution in [0.1, 0.15) is 33.3 Å². The normalized spacial score (nSPS) is 19.0. The Morgan fingerprint density at radius 3 is 2.19 bits per heavy atom. The molecule has 5 nitrogen and oxygen atoms in total. The highest BCUT2D eigenvalue weighted by Gasteiger charge is 2.53. The van der Waals surface area contributed by atoms with E-state index in [0.717, 1.165) is 6.07 Å². The van der Waals surface area contributed by atoms with Gasteiger partial charge in [0.2, 0.25) is 0 Å². The SMILES string of the molecule is COc1nc(B2OC(C)(C)C(C)(C)O2)cn1-c1ccccc1C(F)(F)F. The number of alkyl halides is 3. The zero-order valence-corrected chi connectivity index (χ0v) is 15.2. The van der Waals surface area contributed by atoms with Gasteiger partial charge in [0.05, 0.1) is 35.2 Å². The summed E-state index contributed by atoms with van der Waals surface area (Å²) in [5, 5.41) is 0. The van der Waals surface area contributed by atoms with E-state index in [0.29, 0.717) is 5.59 Å². The van der Waals surface area contributed by atoms with Crippen LogP contribution >= 0.6 is 0 Å². The van der Waals surface area contributed by atoms with Crippen molar-refractivity contribution in [3.05, 3.63) is 36.0 Å². The minimum absolute atomic E-state index is 0.0198. The number of para-hydroxylation sites is 1. The number of halogens is 3. The fourth-order valence-electron chi connectivity index (χ4n) is 2.70. The summed E-state index contributed by atoms with van der Waals surface area (Å²) < 4.78 is 58.3.